The lowest BCUT2D eigenvalue weighted by Crippen LogP contribution is -3.15. The molecule has 0 radical (unpaired) electrons. The van der Waals surface area contributed by atoms with Gasteiger partial charge in [-0.1, -0.05) is 26.2 Å². The number of ether oxygens (including phenoxy) is 1. The Morgan fingerprint density at radius 1 is 1.12 bits per heavy atom. The van der Waals surface area contributed by atoms with Crippen LogP contribution >= 0.6 is 0 Å². The van der Waals surface area contributed by atoms with Crippen LogP contribution in [0.3, 0.4) is 0 Å². The number of carbonyl (C=O) groups is 1. The Kier molecular flexibility index (Phi) is 6.35. The largest absolute Gasteiger partial charge is 0.497 e. The first kappa shape index (κ1) is 18.2. The van der Waals surface area contributed by atoms with E-state index in [0.717, 1.165) is 37.2 Å². The monoisotopic (exact) mass is 345 g/mol. The molecule has 1 aromatic rings. The number of benzene rings is 1. The Hall–Kier alpha value is -1.55. The van der Waals surface area contributed by atoms with E-state index < -0.39 is 0 Å². The summed E-state index contributed by atoms with van der Waals surface area (Å²) in [6.07, 6.45) is 8.54. The van der Waals surface area contributed by atoms with E-state index in [0.29, 0.717) is 12.0 Å². The first-order valence-electron chi connectivity index (χ1n) is 9.96. The van der Waals surface area contributed by atoms with Crippen molar-refractivity contribution in [3.05, 3.63) is 29.8 Å². The zero-order valence-electron chi connectivity index (χ0n) is 15.7. The SMILES string of the molecule is COc1ccc(C(C(=O)NC2CCCCC2)[NH+]2CCCC(C)C2)cc1. The van der Waals surface area contributed by atoms with Crippen LogP contribution in [-0.4, -0.2) is 32.1 Å². The van der Waals surface area contributed by atoms with Gasteiger partial charge >= 0.3 is 0 Å². The Morgan fingerprint density at radius 2 is 1.84 bits per heavy atom. The van der Waals surface area contributed by atoms with Gasteiger partial charge in [-0.15, -0.1) is 0 Å². The summed E-state index contributed by atoms with van der Waals surface area (Å²) >= 11 is 0. The Balaban J connectivity index is 1.78. The van der Waals surface area contributed by atoms with Gasteiger partial charge < -0.3 is 15.0 Å². The summed E-state index contributed by atoms with van der Waals surface area (Å²) in [7, 11) is 1.68. The van der Waals surface area contributed by atoms with Crippen molar-refractivity contribution >= 4 is 5.91 Å². The third kappa shape index (κ3) is 4.75. The van der Waals surface area contributed by atoms with Crippen molar-refractivity contribution in [1.29, 1.82) is 0 Å². The Morgan fingerprint density at radius 3 is 2.48 bits per heavy atom. The third-order valence-electron chi connectivity index (χ3n) is 5.88. The minimum Gasteiger partial charge on any atom is -0.497 e. The van der Waals surface area contributed by atoms with Crippen molar-refractivity contribution in [1.82, 2.24) is 5.32 Å². The number of quaternary nitrogens is 1. The van der Waals surface area contributed by atoms with Crippen LogP contribution in [0.25, 0.3) is 0 Å². The zero-order chi connectivity index (χ0) is 17.6. The van der Waals surface area contributed by atoms with Crippen molar-refractivity contribution in [2.24, 2.45) is 5.92 Å². The lowest BCUT2D eigenvalue weighted by Gasteiger charge is -2.35. The number of nitrogens with one attached hydrogen (secondary N) is 2. The molecule has 1 aliphatic heterocycles. The van der Waals surface area contributed by atoms with Gasteiger partial charge in [0.1, 0.15) is 5.75 Å². The van der Waals surface area contributed by atoms with Gasteiger partial charge in [0.15, 0.2) is 6.04 Å². The fourth-order valence-corrected chi connectivity index (χ4v) is 4.49. The molecular formula is C21H33N2O2+. The second-order valence-corrected chi connectivity index (χ2v) is 7.91. The van der Waals surface area contributed by atoms with Gasteiger partial charge in [0.2, 0.25) is 0 Å². The van der Waals surface area contributed by atoms with E-state index in [4.69, 9.17) is 4.74 Å². The van der Waals surface area contributed by atoms with E-state index in [2.05, 4.69) is 24.4 Å². The average Bonchev–Trinajstić information content (AvgIpc) is 2.63. The minimum atomic E-state index is -0.101. The highest BCUT2D eigenvalue weighted by molar-refractivity contribution is 5.82. The molecule has 3 atom stereocenters. The van der Waals surface area contributed by atoms with Gasteiger partial charge in [-0.05, 0) is 49.9 Å². The van der Waals surface area contributed by atoms with Crippen LogP contribution in [0.1, 0.15) is 63.5 Å². The molecule has 25 heavy (non-hydrogen) atoms. The molecule has 1 saturated carbocycles. The second-order valence-electron chi connectivity index (χ2n) is 7.91. The molecule has 3 rings (SSSR count). The van der Waals surface area contributed by atoms with E-state index in [1.165, 1.54) is 37.0 Å². The van der Waals surface area contributed by atoms with Gasteiger partial charge in [-0.2, -0.15) is 0 Å². The molecule has 2 fully saturated rings. The van der Waals surface area contributed by atoms with Crippen molar-refractivity contribution in [3.8, 4) is 5.75 Å². The number of amides is 1. The Bertz CT molecular complexity index is 552. The minimum absolute atomic E-state index is 0.101. The lowest BCUT2D eigenvalue weighted by molar-refractivity contribution is -0.930. The van der Waals surface area contributed by atoms with Crippen molar-refractivity contribution in [2.45, 2.75) is 64.0 Å². The first-order chi connectivity index (χ1) is 12.2. The summed E-state index contributed by atoms with van der Waals surface area (Å²) < 4.78 is 5.29. The van der Waals surface area contributed by atoms with Gasteiger partial charge in [-0.3, -0.25) is 4.79 Å². The third-order valence-corrected chi connectivity index (χ3v) is 5.88. The average molecular weight is 346 g/mol. The molecule has 0 aromatic heterocycles. The second kappa shape index (κ2) is 8.70. The number of rotatable bonds is 5. The summed E-state index contributed by atoms with van der Waals surface area (Å²) in [6, 6.07) is 8.35. The summed E-state index contributed by atoms with van der Waals surface area (Å²) in [5, 5.41) is 3.37. The highest BCUT2D eigenvalue weighted by Gasteiger charge is 2.35. The summed E-state index contributed by atoms with van der Waals surface area (Å²) in [6.45, 7) is 4.47. The quantitative estimate of drug-likeness (QED) is 0.861. The molecule has 0 spiro atoms. The molecule has 2 N–H and O–H groups in total. The number of carbonyl (C=O) groups excluding carboxylic acids is 1. The van der Waals surface area contributed by atoms with Crippen LogP contribution in [0, 0.1) is 5.92 Å². The van der Waals surface area contributed by atoms with Crippen LogP contribution in [0.15, 0.2) is 24.3 Å². The van der Waals surface area contributed by atoms with Crippen molar-refractivity contribution < 1.29 is 14.4 Å². The van der Waals surface area contributed by atoms with Gasteiger partial charge in [0.05, 0.1) is 20.2 Å². The highest BCUT2D eigenvalue weighted by Crippen LogP contribution is 2.21. The number of piperidine rings is 1. The molecule has 3 unspecified atom stereocenters. The van der Waals surface area contributed by atoms with Crippen LogP contribution in [0.5, 0.6) is 5.75 Å². The molecule has 0 bridgehead atoms. The molecule has 2 aliphatic rings. The standard InChI is InChI=1S/C21H32N2O2/c1-16-7-6-14-23(15-16)20(17-10-12-19(25-2)13-11-17)21(24)22-18-8-4-3-5-9-18/h10-13,16,18,20H,3-9,14-15H2,1-2H3,(H,22,24)/p+1. The van der Waals surface area contributed by atoms with E-state index in [-0.39, 0.29) is 11.9 Å². The van der Waals surface area contributed by atoms with Crippen molar-refractivity contribution in [2.75, 3.05) is 20.2 Å². The van der Waals surface area contributed by atoms with Crippen LogP contribution in [-0.2, 0) is 4.79 Å². The van der Waals surface area contributed by atoms with Gasteiger partial charge in [0, 0.05) is 17.5 Å². The fraction of sp³-hybridized carbons (Fsp3) is 0.667. The van der Waals surface area contributed by atoms with E-state index in [1.54, 1.807) is 7.11 Å². The van der Waals surface area contributed by atoms with E-state index >= 15 is 0 Å². The maximum absolute atomic E-state index is 13.2. The van der Waals surface area contributed by atoms with Crippen molar-refractivity contribution in [3.63, 3.8) is 0 Å². The maximum atomic E-state index is 13.2. The number of hydrogen-bond acceptors (Lipinski definition) is 2. The smallest absolute Gasteiger partial charge is 0.283 e. The van der Waals surface area contributed by atoms with Crippen LogP contribution < -0.4 is 15.0 Å². The zero-order valence-corrected chi connectivity index (χ0v) is 15.7. The highest BCUT2D eigenvalue weighted by atomic mass is 16.5. The molecule has 4 nitrogen and oxygen atoms in total. The molecule has 4 heteroatoms. The number of hydrogen-bond donors (Lipinski definition) is 2. The first-order valence-corrected chi connectivity index (χ1v) is 9.96. The maximum Gasteiger partial charge on any atom is 0.283 e. The molecule has 1 heterocycles. The van der Waals surface area contributed by atoms with E-state index in [1.807, 2.05) is 12.1 Å². The molecular weight excluding hydrogens is 312 g/mol. The molecule has 1 amide bonds. The number of likely N-dealkylation sites (tertiary alicyclic amines) is 1. The summed E-state index contributed by atoms with van der Waals surface area (Å²) in [5.41, 5.74) is 1.11. The molecule has 1 aromatic carbocycles. The van der Waals surface area contributed by atoms with Crippen LogP contribution in [0.4, 0.5) is 0 Å². The van der Waals surface area contributed by atoms with E-state index in [9.17, 15) is 4.79 Å². The Labute approximate surface area is 151 Å². The van der Waals surface area contributed by atoms with Gasteiger partial charge in [0.25, 0.3) is 5.91 Å². The number of methoxy groups -OCH3 is 1. The predicted molar refractivity (Wildman–Crippen MR) is 99.8 cm³/mol. The molecule has 138 valence electrons. The molecule has 1 aliphatic carbocycles. The topological polar surface area (TPSA) is 42.8 Å². The summed E-state index contributed by atoms with van der Waals surface area (Å²) in [4.78, 5) is 14.6. The van der Waals surface area contributed by atoms with Crippen LogP contribution in [0.2, 0.25) is 0 Å². The summed E-state index contributed by atoms with van der Waals surface area (Å²) in [5.74, 6) is 1.74. The lowest BCUT2D eigenvalue weighted by atomic mass is 9.93. The fourth-order valence-electron chi connectivity index (χ4n) is 4.49. The predicted octanol–water partition coefficient (Wildman–Crippen LogP) is 2.50. The van der Waals surface area contributed by atoms with Gasteiger partial charge in [-0.25, -0.2) is 0 Å². The normalized spacial score (nSPS) is 26.0. The molecule has 1 saturated heterocycles.